The third kappa shape index (κ3) is 7.30. The maximum Gasteiger partial charge on any atom is 0.271 e. The summed E-state index contributed by atoms with van der Waals surface area (Å²) in [5.74, 6) is -1.11. The first-order valence-electron chi connectivity index (χ1n) is 10.5. The molecule has 0 radical (unpaired) electrons. The Morgan fingerprint density at radius 3 is 2.46 bits per heavy atom. The van der Waals surface area contributed by atoms with Crippen molar-refractivity contribution in [3.8, 4) is 5.75 Å². The molecule has 2 aromatic carbocycles. The van der Waals surface area contributed by atoms with Crippen LogP contribution < -0.4 is 14.4 Å². The standard InChI is InChI=1S/C22H27ClN4O7S/c1-5-24-22(29)15(2)25(13-16-7-6-8-17(23)11-16)21(28)14-26(35(4,32)33)19-12-18(27(30)31)9-10-20(19)34-3/h6-12,15H,5,13-14H2,1-4H3,(H,24,29). The van der Waals surface area contributed by atoms with E-state index < -0.39 is 39.3 Å². The quantitative estimate of drug-likeness (QED) is 0.350. The van der Waals surface area contributed by atoms with Gasteiger partial charge >= 0.3 is 0 Å². The number of nitro groups is 1. The second kappa shape index (κ2) is 11.8. The Morgan fingerprint density at radius 2 is 1.91 bits per heavy atom. The highest BCUT2D eigenvalue weighted by Crippen LogP contribution is 2.33. The first kappa shape index (κ1) is 27.9. The Kier molecular flexibility index (Phi) is 9.43. The zero-order valence-electron chi connectivity index (χ0n) is 19.7. The normalized spacial score (nSPS) is 11.9. The smallest absolute Gasteiger partial charge is 0.271 e. The summed E-state index contributed by atoms with van der Waals surface area (Å²) in [5.41, 5.74) is 0.0696. The molecule has 0 aliphatic rings. The Morgan fingerprint density at radius 1 is 1.23 bits per heavy atom. The minimum absolute atomic E-state index is 0.0204. The number of ether oxygens (including phenoxy) is 1. The fourth-order valence-corrected chi connectivity index (χ4v) is 4.38. The molecule has 1 unspecified atom stereocenters. The van der Waals surface area contributed by atoms with E-state index in [-0.39, 0.29) is 23.7 Å². The van der Waals surface area contributed by atoms with Gasteiger partial charge in [-0.1, -0.05) is 23.7 Å². The Bertz CT molecular complexity index is 1210. The third-order valence-electron chi connectivity index (χ3n) is 5.08. The van der Waals surface area contributed by atoms with Crippen LogP contribution in [0.1, 0.15) is 19.4 Å². The lowest BCUT2D eigenvalue weighted by molar-refractivity contribution is -0.384. The van der Waals surface area contributed by atoms with Crippen LogP contribution >= 0.6 is 11.6 Å². The minimum Gasteiger partial charge on any atom is -0.495 e. The van der Waals surface area contributed by atoms with Crippen LogP contribution in [-0.4, -0.2) is 62.6 Å². The monoisotopic (exact) mass is 526 g/mol. The number of anilines is 1. The number of likely N-dealkylation sites (N-methyl/N-ethyl adjacent to an activating group) is 1. The van der Waals surface area contributed by atoms with E-state index >= 15 is 0 Å². The van der Waals surface area contributed by atoms with Gasteiger partial charge in [0.15, 0.2) is 0 Å². The highest BCUT2D eigenvalue weighted by molar-refractivity contribution is 7.92. The number of sulfonamides is 1. The first-order valence-corrected chi connectivity index (χ1v) is 12.7. The highest BCUT2D eigenvalue weighted by atomic mass is 35.5. The molecule has 190 valence electrons. The van der Waals surface area contributed by atoms with Crippen LogP contribution in [-0.2, 0) is 26.2 Å². The van der Waals surface area contributed by atoms with Crippen LogP contribution in [0.3, 0.4) is 0 Å². The van der Waals surface area contributed by atoms with Crippen LogP contribution in [0.5, 0.6) is 5.75 Å². The van der Waals surface area contributed by atoms with Crippen molar-refractivity contribution in [2.24, 2.45) is 0 Å². The van der Waals surface area contributed by atoms with Crippen molar-refractivity contribution < 1.29 is 27.7 Å². The number of methoxy groups -OCH3 is 1. The molecule has 2 aromatic rings. The molecule has 1 atom stereocenters. The second-order valence-corrected chi connectivity index (χ2v) is 9.95. The maximum absolute atomic E-state index is 13.5. The van der Waals surface area contributed by atoms with Gasteiger partial charge < -0.3 is 15.0 Å². The van der Waals surface area contributed by atoms with Crippen molar-refractivity contribution in [2.45, 2.75) is 26.4 Å². The fraction of sp³-hybridized carbons (Fsp3) is 0.364. The number of nitro benzene ring substituents is 1. The van der Waals surface area contributed by atoms with Gasteiger partial charge in [-0.05, 0) is 37.6 Å². The minimum atomic E-state index is -4.10. The van der Waals surface area contributed by atoms with Crippen molar-refractivity contribution in [1.29, 1.82) is 0 Å². The van der Waals surface area contributed by atoms with E-state index in [0.717, 1.165) is 22.7 Å². The molecule has 0 aliphatic heterocycles. The molecule has 0 spiro atoms. The summed E-state index contributed by atoms with van der Waals surface area (Å²) in [7, 11) is -2.82. The zero-order chi connectivity index (χ0) is 26.3. The third-order valence-corrected chi connectivity index (χ3v) is 6.44. The van der Waals surface area contributed by atoms with E-state index in [9.17, 15) is 28.1 Å². The number of hydrogen-bond acceptors (Lipinski definition) is 7. The molecule has 2 rings (SSSR count). The van der Waals surface area contributed by atoms with Gasteiger partial charge in [-0.3, -0.25) is 24.0 Å². The number of nitrogens with one attached hydrogen (secondary N) is 1. The molecule has 13 heteroatoms. The summed E-state index contributed by atoms with van der Waals surface area (Å²) in [6.45, 7) is 2.84. The van der Waals surface area contributed by atoms with Crippen molar-refractivity contribution in [1.82, 2.24) is 10.2 Å². The predicted molar refractivity (Wildman–Crippen MR) is 132 cm³/mol. The predicted octanol–water partition coefficient (Wildman–Crippen LogP) is 2.58. The number of halogens is 1. The van der Waals surface area contributed by atoms with E-state index in [1.807, 2.05) is 0 Å². The van der Waals surface area contributed by atoms with Crippen molar-refractivity contribution in [2.75, 3.05) is 30.8 Å². The number of nitrogens with zero attached hydrogens (tertiary/aromatic N) is 3. The van der Waals surface area contributed by atoms with Crippen LogP contribution in [0.4, 0.5) is 11.4 Å². The Balaban J connectivity index is 2.51. The molecule has 0 aliphatic carbocycles. The lowest BCUT2D eigenvalue weighted by Gasteiger charge is -2.31. The number of amides is 2. The van der Waals surface area contributed by atoms with Gasteiger partial charge in [-0.25, -0.2) is 8.42 Å². The number of non-ortho nitro benzene ring substituents is 1. The molecule has 0 bridgehead atoms. The summed E-state index contributed by atoms with van der Waals surface area (Å²) < 4.78 is 31.3. The fourth-order valence-electron chi connectivity index (χ4n) is 3.32. The average Bonchev–Trinajstić information content (AvgIpc) is 2.79. The molecule has 0 heterocycles. The molecule has 11 nitrogen and oxygen atoms in total. The average molecular weight is 527 g/mol. The highest BCUT2D eigenvalue weighted by Gasteiger charge is 2.31. The van der Waals surface area contributed by atoms with Gasteiger partial charge in [-0.2, -0.15) is 0 Å². The van der Waals surface area contributed by atoms with Crippen molar-refractivity contribution in [3.63, 3.8) is 0 Å². The largest absolute Gasteiger partial charge is 0.495 e. The lowest BCUT2D eigenvalue weighted by atomic mass is 10.1. The zero-order valence-corrected chi connectivity index (χ0v) is 21.3. The maximum atomic E-state index is 13.5. The van der Waals surface area contributed by atoms with Gasteiger partial charge in [0.2, 0.25) is 21.8 Å². The van der Waals surface area contributed by atoms with E-state index in [0.29, 0.717) is 17.1 Å². The molecule has 0 fully saturated rings. The molecule has 2 amide bonds. The van der Waals surface area contributed by atoms with E-state index in [1.165, 1.54) is 25.0 Å². The molecule has 0 saturated heterocycles. The van der Waals surface area contributed by atoms with Crippen LogP contribution in [0.25, 0.3) is 0 Å². The SMILES string of the molecule is CCNC(=O)C(C)N(Cc1cccc(Cl)c1)C(=O)CN(c1cc([N+](=O)[O-])ccc1OC)S(C)(=O)=O. The molecule has 1 N–H and O–H groups in total. The van der Waals surface area contributed by atoms with Crippen molar-refractivity contribution >= 4 is 44.8 Å². The van der Waals surface area contributed by atoms with Gasteiger partial charge in [-0.15, -0.1) is 0 Å². The van der Waals surface area contributed by atoms with E-state index in [1.54, 1.807) is 31.2 Å². The summed E-state index contributed by atoms with van der Waals surface area (Å²) in [6.07, 6.45) is 0.868. The Labute approximate surface area is 208 Å². The number of carbonyl (C=O) groups excluding carboxylic acids is 2. The molecular formula is C22H27ClN4O7S. The number of carbonyl (C=O) groups is 2. The second-order valence-electron chi connectivity index (χ2n) is 7.61. The summed E-state index contributed by atoms with van der Waals surface area (Å²) in [5, 5.41) is 14.4. The summed E-state index contributed by atoms with van der Waals surface area (Å²) >= 11 is 6.06. The first-order chi connectivity index (χ1) is 16.4. The Hall–Kier alpha value is -3.38. The molecule has 35 heavy (non-hydrogen) atoms. The molecular weight excluding hydrogens is 500 g/mol. The molecule has 0 aromatic heterocycles. The van der Waals surface area contributed by atoms with Gasteiger partial charge in [0.25, 0.3) is 5.69 Å². The van der Waals surface area contributed by atoms with E-state index in [4.69, 9.17) is 16.3 Å². The van der Waals surface area contributed by atoms with Gasteiger partial charge in [0, 0.05) is 30.2 Å². The number of rotatable bonds is 11. The van der Waals surface area contributed by atoms with Crippen LogP contribution in [0, 0.1) is 10.1 Å². The number of hydrogen-bond donors (Lipinski definition) is 1. The van der Waals surface area contributed by atoms with Crippen LogP contribution in [0.15, 0.2) is 42.5 Å². The lowest BCUT2D eigenvalue weighted by Crippen LogP contribution is -2.51. The van der Waals surface area contributed by atoms with Crippen LogP contribution in [0.2, 0.25) is 5.02 Å². The van der Waals surface area contributed by atoms with Gasteiger partial charge in [0.05, 0.1) is 18.3 Å². The molecule has 0 saturated carbocycles. The van der Waals surface area contributed by atoms with E-state index in [2.05, 4.69) is 5.32 Å². The van der Waals surface area contributed by atoms with Crippen molar-refractivity contribution in [3.05, 3.63) is 63.2 Å². The van der Waals surface area contributed by atoms with Gasteiger partial charge in [0.1, 0.15) is 24.0 Å². The topological polar surface area (TPSA) is 139 Å². The summed E-state index contributed by atoms with van der Waals surface area (Å²) in [4.78, 5) is 37.8. The number of benzene rings is 2. The summed E-state index contributed by atoms with van der Waals surface area (Å²) in [6, 6.07) is 9.16.